The molecule has 1 saturated carbocycles. The third-order valence-electron chi connectivity index (χ3n) is 4.97. The monoisotopic (exact) mass is 329 g/mol. The summed E-state index contributed by atoms with van der Waals surface area (Å²) < 4.78 is 27.1. The number of carbonyl (C=O) groups is 1. The third-order valence-corrected chi connectivity index (χ3v) is 7.03. The van der Waals surface area contributed by atoms with Crippen LogP contribution in [0.2, 0.25) is 0 Å². The lowest BCUT2D eigenvalue weighted by Gasteiger charge is -2.22. The van der Waals surface area contributed by atoms with Gasteiger partial charge < -0.3 is 10.2 Å². The third kappa shape index (κ3) is 3.46. The van der Waals surface area contributed by atoms with Crippen molar-refractivity contribution >= 4 is 15.9 Å². The van der Waals surface area contributed by atoms with Crippen LogP contribution in [0.5, 0.6) is 0 Å². The smallest absolute Gasteiger partial charge is 0.239 e. The molecule has 0 aromatic rings. The van der Waals surface area contributed by atoms with Gasteiger partial charge in [-0.3, -0.25) is 4.79 Å². The van der Waals surface area contributed by atoms with Crippen molar-refractivity contribution in [1.82, 2.24) is 14.9 Å². The maximum atomic E-state index is 12.6. The predicted molar refractivity (Wildman–Crippen MR) is 84.8 cm³/mol. The van der Waals surface area contributed by atoms with Gasteiger partial charge in [-0.25, -0.2) is 13.1 Å². The Morgan fingerprint density at radius 1 is 1.18 bits per heavy atom. The minimum absolute atomic E-state index is 0.0883. The summed E-state index contributed by atoms with van der Waals surface area (Å²) in [4.78, 5) is 14.3. The van der Waals surface area contributed by atoms with Crippen molar-refractivity contribution in [2.45, 2.75) is 69.3 Å². The van der Waals surface area contributed by atoms with Gasteiger partial charge in [0.25, 0.3) is 0 Å². The first-order valence-corrected chi connectivity index (χ1v) is 9.97. The van der Waals surface area contributed by atoms with Crippen molar-refractivity contribution < 1.29 is 13.2 Å². The summed E-state index contributed by atoms with van der Waals surface area (Å²) in [5, 5.41) is 2.99. The van der Waals surface area contributed by atoms with E-state index in [4.69, 9.17) is 0 Å². The topological polar surface area (TPSA) is 78.5 Å². The fourth-order valence-corrected chi connectivity index (χ4v) is 5.30. The van der Waals surface area contributed by atoms with Crippen molar-refractivity contribution in [1.29, 1.82) is 0 Å². The van der Waals surface area contributed by atoms with Gasteiger partial charge in [0.15, 0.2) is 0 Å². The predicted octanol–water partition coefficient (Wildman–Crippen LogP) is 0.446. The zero-order valence-corrected chi connectivity index (χ0v) is 14.2. The van der Waals surface area contributed by atoms with Gasteiger partial charge >= 0.3 is 0 Å². The van der Waals surface area contributed by atoms with Crippen LogP contribution in [-0.2, 0) is 14.8 Å². The molecule has 0 aromatic carbocycles. The van der Waals surface area contributed by atoms with Gasteiger partial charge in [-0.15, -0.1) is 0 Å². The van der Waals surface area contributed by atoms with E-state index < -0.39 is 15.3 Å². The summed E-state index contributed by atoms with van der Waals surface area (Å²) in [6, 6.07) is 0.286. The van der Waals surface area contributed by atoms with Crippen LogP contribution in [-0.4, -0.2) is 55.7 Å². The second-order valence-electron chi connectivity index (χ2n) is 7.25. The van der Waals surface area contributed by atoms with Crippen LogP contribution < -0.4 is 10.0 Å². The molecule has 3 unspecified atom stereocenters. The average Bonchev–Trinajstić information content (AvgIpc) is 2.98. The van der Waals surface area contributed by atoms with Crippen molar-refractivity contribution in [2.24, 2.45) is 5.92 Å². The number of amides is 1. The van der Waals surface area contributed by atoms with Crippen LogP contribution in [0.25, 0.3) is 0 Å². The van der Waals surface area contributed by atoms with Crippen LogP contribution >= 0.6 is 0 Å². The molecule has 1 amide bonds. The molecule has 0 spiro atoms. The second-order valence-corrected chi connectivity index (χ2v) is 9.25. The quantitative estimate of drug-likeness (QED) is 0.767. The van der Waals surface area contributed by atoms with E-state index in [1.165, 1.54) is 12.8 Å². The Balaban J connectivity index is 1.55. The molecule has 2 saturated heterocycles. The van der Waals surface area contributed by atoms with Crippen LogP contribution in [0.1, 0.15) is 46.0 Å². The first-order valence-electron chi connectivity index (χ1n) is 8.43. The molecule has 0 radical (unpaired) electrons. The van der Waals surface area contributed by atoms with E-state index in [1.54, 1.807) is 4.90 Å². The number of likely N-dealkylation sites (tertiary alicyclic amines) is 1. The molecule has 6 nitrogen and oxygen atoms in total. The Hall–Kier alpha value is -0.660. The summed E-state index contributed by atoms with van der Waals surface area (Å²) in [6.07, 6.45) is 5.06. The number of nitrogens with zero attached hydrogens (tertiary/aromatic N) is 1. The summed E-state index contributed by atoms with van der Waals surface area (Å²) in [5.41, 5.74) is 0. The van der Waals surface area contributed by atoms with Crippen molar-refractivity contribution in [2.75, 3.05) is 13.1 Å². The molecule has 3 aliphatic rings. The summed E-state index contributed by atoms with van der Waals surface area (Å²) in [7, 11) is -3.33. The maximum absolute atomic E-state index is 12.6. The van der Waals surface area contributed by atoms with E-state index in [9.17, 15) is 13.2 Å². The molecule has 1 aliphatic carbocycles. The maximum Gasteiger partial charge on any atom is 0.239 e. The van der Waals surface area contributed by atoms with E-state index in [2.05, 4.69) is 10.0 Å². The molecule has 0 bridgehead atoms. The van der Waals surface area contributed by atoms with Crippen molar-refractivity contribution in [3.8, 4) is 0 Å². The highest BCUT2D eigenvalue weighted by Gasteiger charge is 2.42. The van der Waals surface area contributed by atoms with E-state index in [1.807, 2.05) is 13.8 Å². The lowest BCUT2D eigenvalue weighted by Crippen LogP contribution is -2.46. The fraction of sp³-hybridized carbons (Fsp3) is 0.933. The van der Waals surface area contributed by atoms with Crippen molar-refractivity contribution in [3.05, 3.63) is 0 Å². The van der Waals surface area contributed by atoms with Crippen LogP contribution in [0.4, 0.5) is 0 Å². The Bertz CT molecular complexity index is 530. The highest BCUT2D eigenvalue weighted by Crippen LogP contribution is 2.37. The number of nitrogens with one attached hydrogen (secondary N) is 2. The summed E-state index contributed by atoms with van der Waals surface area (Å²) in [5.74, 6) is 0.852. The first-order chi connectivity index (χ1) is 10.4. The normalized spacial score (nSPS) is 32.9. The van der Waals surface area contributed by atoms with Gasteiger partial charge in [0.1, 0.15) is 0 Å². The Morgan fingerprint density at radius 2 is 1.91 bits per heavy atom. The second kappa shape index (κ2) is 6.09. The molecule has 3 fully saturated rings. The van der Waals surface area contributed by atoms with Gasteiger partial charge in [-0.05, 0) is 51.9 Å². The van der Waals surface area contributed by atoms with Gasteiger partial charge in [-0.2, -0.15) is 0 Å². The molecule has 3 rings (SSSR count). The number of hydrogen-bond acceptors (Lipinski definition) is 4. The molecule has 2 heterocycles. The molecule has 7 heteroatoms. The summed E-state index contributed by atoms with van der Waals surface area (Å²) in [6.45, 7) is 4.51. The molecule has 3 atom stereocenters. The highest BCUT2D eigenvalue weighted by molar-refractivity contribution is 7.90. The largest absolute Gasteiger partial charge is 0.340 e. The molecule has 22 heavy (non-hydrogen) atoms. The number of sulfonamides is 1. The molecule has 2 N–H and O–H groups in total. The fourth-order valence-electron chi connectivity index (χ4n) is 3.66. The van der Waals surface area contributed by atoms with Crippen LogP contribution in [0, 0.1) is 5.92 Å². The minimum atomic E-state index is -3.33. The van der Waals surface area contributed by atoms with Crippen LogP contribution in [0.3, 0.4) is 0 Å². The van der Waals surface area contributed by atoms with E-state index in [0.29, 0.717) is 25.6 Å². The Labute approximate surface area is 133 Å². The first kappa shape index (κ1) is 16.2. The van der Waals surface area contributed by atoms with Gasteiger partial charge in [0, 0.05) is 25.2 Å². The number of hydrogen-bond donors (Lipinski definition) is 2. The van der Waals surface area contributed by atoms with Gasteiger partial charge in [-0.1, -0.05) is 0 Å². The van der Waals surface area contributed by atoms with Crippen molar-refractivity contribution in [3.63, 3.8) is 0 Å². The Morgan fingerprint density at radius 3 is 2.55 bits per heavy atom. The van der Waals surface area contributed by atoms with Crippen LogP contribution in [0.15, 0.2) is 0 Å². The van der Waals surface area contributed by atoms with E-state index in [0.717, 1.165) is 18.8 Å². The van der Waals surface area contributed by atoms with E-state index in [-0.39, 0.29) is 18.0 Å². The SMILES string of the molecule is CC(C)NS(=O)(=O)C1CCN(C(=O)C2CCC(C3CC3)N2)C1. The summed E-state index contributed by atoms with van der Waals surface area (Å²) >= 11 is 0. The lowest BCUT2D eigenvalue weighted by atomic mass is 10.1. The molecular weight excluding hydrogens is 302 g/mol. The zero-order chi connectivity index (χ0) is 15.9. The van der Waals surface area contributed by atoms with E-state index >= 15 is 0 Å². The number of carbonyl (C=O) groups excluding carboxylic acids is 1. The number of rotatable bonds is 5. The average molecular weight is 329 g/mol. The van der Waals surface area contributed by atoms with Gasteiger partial charge in [0.05, 0.1) is 11.3 Å². The standard InChI is InChI=1S/C15H27N3O3S/c1-10(2)17-22(20,21)12-7-8-18(9-12)15(19)14-6-5-13(16-14)11-3-4-11/h10-14,16-17H,3-9H2,1-2H3. The Kier molecular flexibility index (Phi) is 4.49. The minimum Gasteiger partial charge on any atom is -0.340 e. The molecule has 0 aromatic heterocycles. The highest BCUT2D eigenvalue weighted by atomic mass is 32.2. The zero-order valence-electron chi connectivity index (χ0n) is 13.4. The molecule has 126 valence electrons. The molecular formula is C15H27N3O3S. The van der Waals surface area contributed by atoms with Gasteiger partial charge in [0.2, 0.25) is 15.9 Å². The molecule has 2 aliphatic heterocycles. The lowest BCUT2D eigenvalue weighted by molar-refractivity contribution is -0.132.